The smallest absolute Gasteiger partial charge is 0.336 e. The van der Waals surface area contributed by atoms with Crippen molar-refractivity contribution in [1.29, 1.82) is 0 Å². The van der Waals surface area contributed by atoms with Crippen molar-refractivity contribution in [2.75, 3.05) is 7.11 Å². The van der Waals surface area contributed by atoms with Gasteiger partial charge in [0.25, 0.3) is 5.91 Å². The second-order valence-electron chi connectivity index (χ2n) is 6.24. The van der Waals surface area contributed by atoms with E-state index in [-0.39, 0.29) is 17.2 Å². The molecular weight excluding hydrogens is 398 g/mol. The van der Waals surface area contributed by atoms with Gasteiger partial charge in [-0.25, -0.2) is 9.59 Å². The molecule has 0 spiro atoms. The van der Waals surface area contributed by atoms with E-state index >= 15 is 0 Å². The highest BCUT2D eigenvalue weighted by molar-refractivity contribution is 6.33. The number of hydrogen-bond acceptors (Lipinski definition) is 6. The van der Waals surface area contributed by atoms with Gasteiger partial charge >= 0.3 is 11.6 Å². The first-order valence-corrected chi connectivity index (χ1v) is 9.09. The maximum atomic E-state index is 12.3. The molecule has 7 nitrogen and oxygen atoms in total. The number of nitrogens with one attached hydrogen (secondary N) is 1. The van der Waals surface area contributed by atoms with E-state index in [4.69, 9.17) is 25.5 Å². The summed E-state index contributed by atoms with van der Waals surface area (Å²) in [6, 6.07) is 11.9. The van der Waals surface area contributed by atoms with E-state index in [1.807, 2.05) is 0 Å². The van der Waals surface area contributed by atoms with Crippen molar-refractivity contribution in [3.63, 3.8) is 0 Å². The van der Waals surface area contributed by atoms with Crippen molar-refractivity contribution in [3.8, 4) is 5.75 Å². The van der Waals surface area contributed by atoms with Gasteiger partial charge in [-0.2, -0.15) is 0 Å². The Hall–Kier alpha value is -3.32. The third-order valence-corrected chi connectivity index (χ3v) is 4.56. The fourth-order valence-corrected chi connectivity index (χ4v) is 2.93. The van der Waals surface area contributed by atoms with Gasteiger partial charge in [0.1, 0.15) is 24.0 Å². The van der Waals surface area contributed by atoms with Crippen LogP contribution in [0.4, 0.5) is 0 Å². The molecule has 1 atom stereocenters. The van der Waals surface area contributed by atoms with E-state index in [1.54, 1.807) is 42.5 Å². The van der Waals surface area contributed by atoms with Crippen molar-refractivity contribution < 1.29 is 23.5 Å². The molecule has 0 aliphatic rings. The maximum absolute atomic E-state index is 12.3. The predicted molar refractivity (Wildman–Crippen MR) is 107 cm³/mol. The molecule has 0 unspecified atom stereocenters. The molecule has 0 aliphatic carbocycles. The number of benzene rings is 2. The molecule has 1 N–H and O–H groups in total. The number of methoxy groups -OCH3 is 1. The molecule has 3 rings (SSSR count). The molecule has 0 aliphatic heterocycles. The molecule has 0 fully saturated rings. The minimum Gasteiger partial charge on any atom is -0.497 e. The molecule has 0 bridgehead atoms. The van der Waals surface area contributed by atoms with Crippen LogP contribution in [0.25, 0.3) is 11.0 Å². The summed E-state index contributed by atoms with van der Waals surface area (Å²) in [5.74, 6) is -0.607. The van der Waals surface area contributed by atoms with Crippen LogP contribution in [0, 0.1) is 0 Å². The molecule has 8 heteroatoms. The summed E-state index contributed by atoms with van der Waals surface area (Å²) in [6.45, 7) is 1.35. The largest absolute Gasteiger partial charge is 0.497 e. The van der Waals surface area contributed by atoms with Crippen LogP contribution in [0.15, 0.2) is 57.7 Å². The lowest BCUT2D eigenvalue weighted by Crippen LogP contribution is -2.39. The average molecular weight is 416 g/mol. The standard InChI is InChI=1S/C21H18ClNO6/c1-12(23-20(25)16-5-3-4-6-17(16)22)21(26)28-11-13-9-19(24)29-18-10-14(27-2)7-8-15(13)18/h3-10,12H,11H2,1-2H3,(H,23,25)/t12-/m0/s1. The third-order valence-electron chi connectivity index (χ3n) is 4.23. The van der Waals surface area contributed by atoms with Crippen molar-refractivity contribution in [1.82, 2.24) is 5.32 Å². The number of ether oxygens (including phenoxy) is 2. The minimum atomic E-state index is -0.912. The zero-order valence-corrected chi connectivity index (χ0v) is 16.5. The van der Waals surface area contributed by atoms with Gasteiger partial charge in [0.2, 0.25) is 0 Å². The highest BCUT2D eigenvalue weighted by Crippen LogP contribution is 2.23. The zero-order chi connectivity index (χ0) is 21.0. The van der Waals surface area contributed by atoms with Gasteiger partial charge in [0, 0.05) is 23.1 Å². The van der Waals surface area contributed by atoms with Crippen LogP contribution >= 0.6 is 11.6 Å². The summed E-state index contributed by atoms with van der Waals surface area (Å²) in [4.78, 5) is 36.4. The molecule has 1 amide bonds. The monoisotopic (exact) mass is 415 g/mol. The van der Waals surface area contributed by atoms with Gasteiger partial charge in [-0.15, -0.1) is 0 Å². The summed E-state index contributed by atoms with van der Waals surface area (Å²) in [6.07, 6.45) is 0. The predicted octanol–water partition coefficient (Wildman–Crippen LogP) is 3.32. The van der Waals surface area contributed by atoms with Crippen LogP contribution in [-0.4, -0.2) is 25.0 Å². The Morgan fingerprint density at radius 3 is 2.66 bits per heavy atom. The molecule has 150 valence electrons. The maximum Gasteiger partial charge on any atom is 0.336 e. The van der Waals surface area contributed by atoms with Crippen LogP contribution in [0.1, 0.15) is 22.8 Å². The van der Waals surface area contributed by atoms with Gasteiger partial charge in [0.05, 0.1) is 17.7 Å². The van der Waals surface area contributed by atoms with E-state index in [9.17, 15) is 14.4 Å². The molecule has 0 saturated heterocycles. The lowest BCUT2D eigenvalue weighted by atomic mass is 10.1. The van der Waals surface area contributed by atoms with Crippen molar-refractivity contribution in [2.24, 2.45) is 0 Å². The number of carbonyl (C=O) groups excluding carboxylic acids is 2. The molecule has 29 heavy (non-hydrogen) atoms. The lowest BCUT2D eigenvalue weighted by Gasteiger charge is -2.14. The molecule has 0 saturated carbocycles. The molecule has 1 heterocycles. The van der Waals surface area contributed by atoms with Crippen LogP contribution in [0.3, 0.4) is 0 Å². The quantitative estimate of drug-likeness (QED) is 0.490. The second kappa shape index (κ2) is 8.79. The topological polar surface area (TPSA) is 94.8 Å². The number of halogens is 1. The van der Waals surface area contributed by atoms with Crippen molar-refractivity contribution in [2.45, 2.75) is 19.6 Å². The van der Waals surface area contributed by atoms with E-state index in [0.29, 0.717) is 22.3 Å². The summed E-state index contributed by atoms with van der Waals surface area (Å²) in [7, 11) is 1.50. The highest BCUT2D eigenvalue weighted by Gasteiger charge is 2.20. The lowest BCUT2D eigenvalue weighted by molar-refractivity contribution is -0.146. The first kappa shape index (κ1) is 20.4. The van der Waals surface area contributed by atoms with Crippen LogP contribution in [-0.2, 0) is 16.1 Å². The Morgan fingerprint density at radius 2 is 1.93 bits per heavy atom. The van der Waals surface area contributed by atoms with Gasteiger partial charge < -0.3 is 19.2 Å². The summed E-state index contributed by atoms with van der Waals surface area (Å²) < 4.78 is 15.6. The Bertz CT molecular complexity index is 1120. The van der Waals surface area contributed by atoms with Gasteiger partial charge in [-0.1, -0.05) is 23.7 Å². The Balaban J connectivity index is 1.69. The first-order chi connectivity index (χ1) is 13.9. The zero-order valence-electron chi connectivity index (χ0n) is 15.7. The van der Waals surface area contributed by atoms with E-state index in [1.165, 1.54) is 20.1 Å². The summed E-state index contributed by atoms with van der Waals surface area (Å²) in [5.41, 5.74) is 0.492. The summed E-state index contributed by atoms with van der Waals surface area (Å²) >= 11 is 5.99. The number of rotatable bonds is 6. The molecule has 0 radical (unpaired) electrons. The Morgan fingerprint density at radius 1 is 1.17 bits per heavy atom. The Labute approximate surface area is 171 Å². The number of esters is 1. The molecule has 3 aromatic rings. The average Bonchev–Trinajstić information content (AvgIpc) is 2.71. The molecule has 1 aromatic heterocycles. The van der Waals surface area contributed by atoms with Crippen molar-refractivity contribution >= 4 is 34.4 Å². The number of fused-ring (bicyclic) bond motifs is 1. The van der Waals surface area contributed by atoms with Crippen LogP contribution in [0.5, 0.6) is 5.75 Å². The number of amides is 1. The van der Waals surface area contributed by atoms with E-state index in [0.717, 1.165) is 0 Å². The number of carbonyl (C=O) groups is 2. The highest BCUT2D eigenvalue weighted by atomic mass is 35.5. The second-order valence-corrected chi connectivity index (χ2v) is 6.64. The molecule has 2 aromatic carbocycles. The van der Waals surface area contributed by atoms with Crippen LogP contribution < -0.4 is 15.7 Å². The van der Waals surface area contributed by atoms with Crippen molar-refractivity contribution in [3.05, 3.63) is 75.1 Å². The van der Waals surface area contributed by atoms with Crippen LogP contribution in [0.2, 0.25) is 5.02 Å². The number of hydrogen-bond donors (Lipinski definition) is 1. The first-order valence-electron chi connectivity index (χ1n) is 8.72. The van der Waals surface area contributed by atoms with Gasteiger partial charge in [-0.05, 0) is 31.2 Å². The van der Waals surface area contributed by atoms with E-state index in [2.05, 4.69) is 5.32 Å². The fraction of sp³-hybridized carbons (Fsp3) is 0.190. The minimum absolute atomic E-state index is 0.153. The normalized spacial score (nSPS) is 11.7. The molecular formula is C21H18ClNO6. The SMILES string of the molecule is COc1ccc2c(COC(=O)[C@H](C)NC(=O)c3ccccc3Cl)cc(=O)oc2c1. The summed E-state index contributed by atoms with van der Waals surface area (Å²) in [5, 5.41) is 3.44. The van der Waals surface area contributed by atoms with Gasteiger partial charge in [-0.3, -0.25) is 4.79 Å². The fourth-order valence-electron chi connectivity index (χ4n) is 2.71. The van der Waals surface area contributed by atoms with Gasteiger partial charge in [0.15, 0.2) is 0 Å². The Kier molecular flexibility index (Phi) is 6.19. The van der Waals surface area contributed by atoms with E-state index < -0.39 is 23.5 Å². The third kappa shape index (κ3) is 4.75.